The molecule has 0 spiro atoms. The standard InChI is InChI=1S/C7H16N2/c1-8-7-5-3-4-6-9(7)2/h7-8H,3-6H2,1-2H3/t7-/m1/s1. The maximum atomic E-state index is 3.28. The molecular weight excluding hydrogens is 112 g/mol. The summed E-state index contributed by atoms with van der Waals surface area (Å²) in [5, 5.41) is 3.28. The molecule has 1 heterocycles. The number of likely N-dealkylation sites (tertiary alicyclic amines) is 1. The van der Waals surface area contributed by atoms with Gasteiger partial charge in [0.2, 0.25) is 0 Å². The molecule has 1 fully saturated rings. The van der Waals surface area contributed by atoms with Crippen molar-refractivity contribution in [1.82, 2.24) is 10.2 Å². The van der Waals surface area contributed by atoms with Crippen LogP contribution in [-0.2, 0) is 0 Å². The maximum Gasteiger partial charge on any atom is 0.0592 e. The van der Waals surface area contributed by atoms with Crippen molar-refractivity contribution in [2.75, 3.05) is 20.6 Å². The van der Waals surface area contributed by atoms with E-state index in [2.05, 4.69) is 17.3 Å². The van der Waals surface area contributed by atoms with Crippen LogP contribution in [0.4, 0.5) is 0 Å². The largest absolute Gasteiger partial charge is 0.305 e. The summed E-state index contributed by atoms with van der Waals surface area (Å²) in [6, 6.07) is 0. The fourth-order valence-electron chi connectivity index (χ4n) is 1.44. The molecule has 1 saturated heterocycles. The van der Waals surface area contributed by atoms with Gasteiger partial charge in [0.25, 0.3) is 0 Å². The molecule has 9 heavy (non-hydrogen) atoms. The number of nitrogens with one attached hydrogen (secondary N) is 1. The summed E-state index contributed by atoms with van der Waals surface area (Å²) in [5.41, 5.74) is 0. The van der Waals surface area contributed by atoms with Crippen LogP contribution in [-0.4, -0.2) is 31.7 Å². The van der Waals surface area contributed by atoms with E-state index in [0.29, 0.717) is 6.17 Å². The predicted octanol–water partition coefficient (Wildman–Crippen LogP) is 0.648. The molecule has 0 aromatic rings. The third-order valence-corrected chi connectivity index (χ3v) is 2.10. The molecule has 1 aliphatic rings. The second-order valence-corrected chi connectivity index (χ2v) is 2.78. The van der Waals surface area contributed by atoms with E-state index in [9.17, 15) is 0 Å². The van der Waals surface area contributed by atoms with Crippen molar-refractivity contribution < 1.29 is 0 Å². The molecule has 1 atom stereocenters. The lowest BCUT2D eigenvalue weighted by molar-refractivity contribution is 0.162. The quantitative estimate of drug-likeness (QED) is 0.557. The first-order valence-corrected chi connectivity index (χ1v) is 3.72. The Morgan fingerprint density at radius 2 is 2.22 bits per heavy atom. The Labute approximate surface area is 57.2 Å². The average molecular weight is 128 g/mol. The van der Waals surface area contributed by atoms with Crippen LogP contribution in [0.2, 0.25) is 0 Å². The van der Waals surface area contributed by atoms with Crippen LogP contribution in [0.1, 0.15) is 19.3 Å². The average Bonchev–Trinajstić information content (AvgIpc) is 1.89. The highest BCUT2D eigenvalue weighted by Crippen LogP contribution is 2.11. The third-order valence-electron chi connectivity index (χ3n) is 2.10. The minimum atomic E-state index is 0.638. The minimum absolute atomic E-state index is 0.638. The highest BCUT2D eigenvalue weighted by atomic mass is 15.2. The van der Waals surface area contributed by atoms with Gasteiger partial charge < -0.3 is 5.32 Å². The Bertz CT molecular complexity index is 83.0. The van der Waals surface area contributed by atoms with Crippen LogP contribution in [0, 0.1) is 0 Å². The normalized spacial score (nSPS) is 30.7. The second kappa shape index (κ2) is 3.18. The zero-order valence-corrected chi connectivity index (χ0v) is 6.35. The predicted molar refractivity (Wildman–Crippen MR) is 39.3 cm³/mol. The van der Waals surface area contributed by atoms with Crippen LogP contribution in [0.15, 0.2) is 0 Å². The first kappa shape index (κ1) is 7.03. The van der Waals surface area contributed by atoms with E-state index in [1.165, 1.54) is 25.8 Å². The summed E-state index contributed by atoms with van der Waals surface area (Å²) in [5.74, 6) is 0. The summed E-state index contributed by atoms with van der Waals surface area (Å²) in [7, 11) is 4.22. The SMILES string of the molecule is CN[C@H]1CCCCN1C. The third kappa shape index (κ3) is 1.66. The zero-order chi connectivity index (χ0) is 6.69. The van der Waals surface area contributed by atoms with Gasteiger partial charge in [-0.25, -0.2) is 0 Å². The number of piperidine rings is 1. The van der Waals surface area contributed by atoms with Crippen LogP contribution >= 0.6 is 0 Å². The molecule has 1 N–H and O–H groups in total. The Kier molecular flexibility index (Phi) is 2.49. The van der Waals surface area contributed by atoms with Crippen molar-refractivity contribution in [3.63, 3.8) is 0 Å². The van der Waals surface area contributed by atoms with Crippen LogP contribution in [0.5, 0.6) is 0 Å². The topological polar surface area (TPSA) is 15.3 Å². The molecule has 0 aromatic heterocycles. The van der Waals surface area contributed by atoms with Crippen molar-refractivity contribution in [3.8, 4) is 0 Å². The summed E-state index contributed by atoms with van der Waals surface area (Å²) in [4.78, 5) is 2.38. The fourth-order valence-corrected chi connectivity index (χ4v) is 1.44. The van der Waals surface area contributed by atoms with E-state index in [0.717, 1.165) is 0 Å². The van der Waals surface area contributed by atoms with Crippen LogP contribution < -0.4 is 5.32 Å². The lowest BCUT2D eigenvalue weighted by Crippen LogP contribution is -2.44. The van der Waals surface area contributed by atoms with Crippen molar-refractivity contribution in [3.05, 3.63) is 0 Å². The Hall–Kier alpha value is -0.0800. The molecule has 1 rings (SSSR count). The van der Waals surface area contributed by atoms with Gasteiger partial charge in [-0.3, -0.25) is 4.90 Å². The molecule has 0 unspecified atom stereocenters. The molecule has 2 heteroatoms. The molecular formula is C7H16N2. The van der Waals surface area contributed by atoms with Gasteiger partial charge >= 0.3 is 0 Å². The number of hydrogen-bond donors (Lipinski definition) is 1. The molecule has 0 aromatic carbocycles. The number of nitrogens with zero attached hydrogens (tertiary/aromatic N) is 1. The van der Waals surface area contributed by atoms with Crippen molar-refractivity contribution >= 4 is 0 Å². The molecule has 0 amide bonds. The Morgan fingerprint density at radius 1 is 1.44 bits per heavy atom. The van der Waals surface area contributed by atoms with Gasteiger partial charge in [-0.15, -0.1) is 0 Å². The minimum Gasteiger partial charge on any atom is -0.305 e. The van der Waals surface area contributed by atoms with Crippen LogP contribution in [0.25, 0.3) is 0 Å². The fraction of sp³-hybridized carbons (Fsp3) is 1.00. The highest BCUT2D eigenvalue weighted by Gasteiger charge is 2.15. The summed E-state index contributed by atoms with van der Waals surface area (Å²) in [6.45, 7) is 1.26. The molecule has 0 aliphatic carbocycles. The zero-order valence-electron chi connectivity index (χ0n) is 6.35. The van der Waals surface area contributed by atoms with Gasteiger partial charge in [0.15, 0.2) is 0 Å². The smallest absolute Gasteiger partial charge is 0.0592 e. The molecule has 0 radical (unpaired) electrons. The van der Waals surface area contributed by atoms with Crippen molar-refractivity contribution in [2.45, 2.75) is 25.4 Å². The lowest BCUT2D eigenvalue weighted by atomic mass is 10.1. The van der Waals surface area contributed by atoms with Gasteiger partial charge in [-0.2, -0.15) is 0 Å². The van der Waals surface area contributed by atoms with Gasteiger partial charge in [0.1, 0.15) is 0 Å². The monoisotopic (exact) mass is 128 g/mol. The summed E-state index contributed by atoms with van der Waals surface area (Å²) < 4.78 is 0. The Balaban J connectivity index is 2.30. The summed E-state index contributed by atoms with van der Waals surface area (Å²) >= 11 is 0. The molecule has 0 saturated carbocycles. The molecule has 0 bridgehead atoms. The van der Waals surface area contributed by atoms with Gasteiger partial charge in [0, 0.05) is 0 Å². The van der Waals surface area contributed by atoms with E-state index < -0.39 is 0 Å². The van der Waals surface area contributed by atoms with E-state index in [1.54, 1.807) is 0 Å². The highest BCUT2D eigenvalue weighted by molar-refractivity contribution is 4.69. The van der Waals surface area contributed by atoms with Crippen molar-refractivity contribution in [2.24, 2.45) is 0 Å². The number of rotatable bonds is 1. The number of hydrogen-bond acceptors (Lipinski definition) is 2. The summed E-state index contributed by atoms with van der Waals surface area (Å²) in [6.07, 6.45) is 4.70. The molecule has 1 aliphatic heterocycles. The van der Waals surface area contributed by atoms with E-state index in [4.69, 9.17) is 0 Å². The first-order valence-electron chi connectivity index (χ1n) is 3.72. The van der Waals surface area contributed by atoms with Gasteiger partial charge in [0.05, 0.1) is 6.17 Å². The van der Waals surface area contributed by atoms with E-state index >= 15 is 0 Å². The first-order chi connectivity index (χ1) is 4.34. The van der Waals surface area contributed by atoms with Gasteiger partial charge in [-0.05, 0) is 39.9 Å². The lowest BCUT2D eigenvalue weighted by Gasteiger charge is -2.31. The van der Waals surface area contributed by atoms with E-state index in [-0.39, 0.29) is 0 Å². The van der Waals surface area contributed by atoms with E-state index in [1.807, 2.05) is 7.05 Å². The van der Waals surface area contributed by atoms with Crippen molar-refractivity contribution in [1.29, 1.82) is 0 Å². The van der Waals surface area contributed by atoms with Crippen LogP contribution in [0.3, 0.4) is 0 Å². The molecule has 54 valence electrons. The Morgan fingerprint density at radius 3 is 2.67 bits per heavy atom. The molecule has 2 nitrogen and oxygen atoms in total. The van der Waals surface area contributed by atoms with Gasteiger partial charge in [-0.1, -0.05) is 0 Å². The maximum absolute atomic E-state index is 3.28. The second-order valence-electron chi connectivity index (χ2n) is 2.78.